The first-order valence-corrected chi connectivity index (χ1v) is 7.15. The van der Waals surface area contributed by atoms with Gasteiger partial charge in [0.05, 0.1) is 10.0 Å². The molecule has 104 valence electrons. The van der Waals surface area contributed by atoms with Crippen LogP contribution < -0.4 is 5.32 Å². The number of hydrogen-bond donors (Lipinski definition) is 1. The maximum Gasteiger partial charge on any atom is 0.225 e. The fraction of sp³-hybridized carbons (Fsp3) is 0.500. The van der Waals surface area contributed by atoms with Crippen molar-refractivity contribution < 1.29 is 4.79 Å². The molecule has 0 saturated carbocycles. The number of rotatable bonds is 4. The first kappa shape index (κ1) is 14.6. The Bertz CT molecular complexity index is 475. The van der Waals surface area contributed by atoms with Gasteiger partial charge in [-0.15, -0.1) is 0 Å². The van der Waals surface area contributed by atoms with E-state index in [-0.39, 0.29) is 11.8 Å². The standard InChI is InChI=1S/C14H18Cl2N2O/c1-9(11-6-17-7-11)14(19)18(2)8-10-4-3-5-12(15)13(10)16/h3-5,9,11,17H,6-8H2,1-2H3. The smallest absolute Gasteiger partial charge is 0.225 e. The number of carbonyl (C=O) groups is 1. The summed E-state index contributed by atoms with van der Waals surface area (Å²) < 4.78 is 0. The van der Waals surface area contributed by atoms with Gasteiger partial charge in [-0.05, 0) is 30.6 Å². The van der Waals surface area contributed by atoms with Crippen LogP contribution in [0, 0.1) is 11.8 Å². The fourth-order valence-electron chi connectivity index (χ4n) is 2.22. The molecule has 0 spiro atoms. The fourth-order valence-corrected chi connectivity index (χ4v) is 2.60. The Morgan fingerprint density at radius 2 is 2.16 bits per heavy atom. The van der Waals surface area contributed by atoms with Gasteiger partial charge in [-0.25, -0.2) is 0 Å². The van der Waals surface area contributed by atoms with Gasteiger partial charge in [-0.1, -0.05) is 42.3 Å². The summed E-state index contributed by atoms with van der Waals surface area (Å²) in [6, 6.07) is 5.49. The van der Waals surface area contributed by atoms with Gasteiger partial charge in [0.1, 0.15) is 0 Å². The van der Waals surface area contributed by atoms with Crippen molar-refractivity contribution in [3.8, 4) is 0 Å². The Balaban J connectivity index is 2.01. The minimum Gasteiger partial charge on any atom is -0.341 e. The van der Waals surface area contributed by atoms with Crippen LogP contribution in [-0.2, 0) is 11.3 Å². The SMILES string of the molecule is CC(C(=O)N(C)Cc1cccc(Cl)c1Cl)C1CNC1. The highest BCUT2D eigenvalue weighted by Crippen LogP contribution is 2.27. The molecule has 0 radical (unpaired) electrons. The van der Waals surface area contributed by atoms with Crippen LogP contribution in [0.4, 0.5) is 0 Å². The summed E-state index contributed by atoms with van der Waals surface area (Å²) in [6.07, 6.45) is 0. The molecule has 5 heteroatoms. The number of hydrogen-bond acceptors (Lipinski definition) is 2. The molecule has 0 bridgehead atoms. The van der Waals surface area contributed by atoms with Gasteiger partial charge in [0, 0.05) is 19.5 Å². The molecule has 1 N–H and O–H groups in total. The van der Waals surface area contributed by atoms with Crippen LogP contribution in [0.2, 0.25) is 10.0 Å². The lowest BCUT2D eigenvalue weighted by atomic mass is 9.88. The first-order valence-electron chi connectivity index (χ1n) is 6.39. The molecular weight excluding hydrogens is 283 g/mol. The zero-order valence-electron chi connectivity index (χ0n) is 11.1. The van der Waals surface area contributed by atoms with E-state index in [9.17, 15) is 4.79 Å². The van der Waals surface area contributed by atoms with Crippen molar-refractivity contribution in [1.29, 1.82) is 0 Å². The molecule has 2 rings (SSSR count). The maximum atomic E-state index is 12.3. The summed E-state index contributed by atoms with van der Waals surface area (Å²) in [7, 11) is 1.81. The van der Waals surface area contributed by atoms with Crippen molar-refractivity contribution in [2.45, 2.75) is 13.5 Å². The van der Waals surface area contributed by atoms with Gasteiger partial charge in [0.15, 0.2) is 0 Å². The first-order chi connectivity index (χ1) is 9.00. The number of benzene rings is 1. The third-order valence-corrected chi connectivity index (χ3v) is 4.58. The second-order valence-corrected chi connectivity index (χ2v) is 5.90. The number of nitrogens with zero attached hydrogens (tertiary/aromatic N) is 1. The molecule has 0 aromatic heterocycles. The number of nitrogens with one attached hydrogen (secondary N) is 1. The summed E-state index contributed by atoms with van der Waals surface area (Å²) in [5.41, 5.74) is 0.879. The predicted molar refractivity (Wildman–Crippen MR) is 78.5 cm³/mol. The summed E-state index contributed by atoms with van der Waals surface area (Å²) >= 11 is 12.1. The molecule has 1 amide bonds. The molecule has 1 aromatic carbocycles. The summed E-state index contributed by atoms with van der Waals surface area (Å²) in [4.78, 5) is 14.0. The highest BCUT2D eigenvalue weighted by Gasteiger charge is 2.30. The number of halogens is 2. The second-order valence-electron chi connectivity index (χ2n) is 5.11. The lowest BCUT2D eigenvalue weighted by Crippen LogP contribution is -2.49. The highest BCUT2D eigenvalue weighted by atomic mass is 35.5. The van der Waals surface area contributed by atoms with Gasteiger partial charge >= 0.3 is 0 Å². The van der Waals surface area contributed by atoms with E-state index in [4.69, 9.17) is 23.2 Å². The quantitative estimate of drug-likeness (QED) is 0.927. The minimum absolute atomic E-state index is 0.0456. The maximum absolute atomic E-state index is 12.3. The molecule has 1 aliphatic rings. The van der Waals surface area contributed by atoms with Crippen LogP contribution >= 0.6 is 23.2 Å². The van der Waals surface area contributed by atoms with E-state index in [2.05, 4.69) is 5.32 Å². The second kappa shape index (κ2) is 6.12. The summed E-state index contributed by atoms with van der Waals surface area (Å²) in [5.74, 6) is 0.650. The van der Waals surface area contributed by atoms with Crippen LogP contribution in [0.15, 0.2) is 18.2 Å². The van der Waals surface area contributed by atoms with E-state index < -0.39 is 0 Å². The lowest BCUT2D eigenvalue weighted by molar-refractivity contribution is -0.136. The number of amides is 1. The van der Waals surface area contributed by atoms with Crippen LogP contribution in [0.25, 0.3) is 0 Å². The van der Waals surface area contributed by atoms with Crippen LogP contribution in [0.3, 0.4) is 0 Å². The van der Waals surface area contributed by atoms with Crippen molar-refractivity contribution in [2.75, 3.05) is 20.1 Å². The molecule has 1 heterocycles. The minimum atomic E-state index is 0.0456. The summed E-state index contributed by atoms with van der Waals surface area (Å²) in [6.45, 7) is 4.34. The van der Waals surface area contributed by atoms with E-state index in [0.717, 1.165) is 18.7 Å². The van der Waals surface area contributed by atoms with Crippen LogP contribution in [-0.4, -0.2) is 30.9 Å². The zero-order chi connectivity index (χ0) is 14.0. The van der Waals surface area contributed by atoms with Gasteiger partial charge in [0.25, 0.3) is 0 Å². The Morgan fingerprint density at radius 1 is 1.47 bits per heavy atom. The monoisotopic (exact) mass is 300 g/mol. The van der Waals surface area contributed by atoms with Gasteiger partial charge < -0.3 is 10.2 Å². The van der Waals surface area contributed by atoms with Crippen LogP contribution in [0.1, 0.15) is 12.5 Å². The van der Waals surface area contributed by atoms with Crippen molar-refractivity contribution in [2.24, 2.45) is 11.8 Å². The molecule has 1 saturated heterocycles. The van der Waals surface area contributed by atoms with E-state index in [1.807, 2.05) is 26.1 Å². The third-order valence-electron chi connectivity index (χ3n) is 3.72. The Hall–Kier alpha value is -0.770. The Morgan fingerprint density at radius 3 is 2.74 bits per heavy atom. The molecule has 1 aliphatic heterocycles. The lowest BCUT2D eigenvalue weighted by Gasteiger charge is -2.34. The van der Waals surface area contributed by atoms with E-state index >= 15 is 0 Å². The van der Waals surface area contributed by atoms with Crippen LogP contribution in [0.5, 0.6) is 0 Å². The van der Waals surface area contributed by atoms with Gasteiger partial charge in [0.2, 0.25) is 5.91 Å². The van der Waals surface area contributed by atoms with Crippen molar-refractivity contribution in [1.82, 2.24) is 10.2 Å². The number of carbonyl (C=O) groups excluding carboxylic acids is 1. The predicted octanol–water partition coefficient (Wildman–Crippen LogP) is 2.81. The third kappa shape index (κ3) is 3.22. The largest absolute Gasteiger partial charge is 0.341 e. The van der Waals surface area contributed by atoms with Gasteiger partial charge in [-0.2, -0.15) is 0 Å². The zero-order valence-corrected chi connectivity index (χ0v) is 12.6. The Kier molecular flexibility index (Phi) is 4.71. The van der Waals surface area contributed by atoms with E-state index in [1.54, 1.807) is 11.0 Å². The van der Waals surface area contributed by atoms with E-state index in [1.165, 1.54) is 0 Å². The Labute approximate surface area is 123 Å². The van der Waals surface area contributed by atoms with Crippen molar-refractivity contribution in [3.05, 3.63) is 33.8 Å². The van der Waals surface area contributed by atoms with Crippen molar-refractivity contribution in [3.63, 3.8) is 0 Å². The van der Waals surface area contributed by atoms with Gasteiger partial charge in [-0.3, -0.25) is 4.79 Å². The summed E-state index contributed by atoms with van der Waals surface area (Å²) in [5, 5.41) is 4.25. The molecule has 19 heavy (non-hydrogen) atoms. The molecule has 1 fully saturated rings. The molecule has 1 unspecified atom stereocenters. The average molecular weight is 301 g/mol. The molecule has 1 aromatic rings. The highest BCUT2D eigenvalue weighted by molar-refractivity contribution is 6.42. The molecule has 0 aliphatic carbocycles. The molecular formula is C14H18Cl2N2O. The topological polar surface area (TPSA) is 32.3 Å². The van der Waals surface area contributed by atoms with Crippen molar-refractivity contribution >= 4 is 29.1 Å². The molecule has 3 nitrogen and oxygen atoms in total. The van der Waals surface area contributed by atoms with E-state index in [0.29, 0.717) is 22.5 Å². The normalized spacial score (nSPS) is 16.8. The average Bonchev–Trinajstić information content (AvgIpc) is 2.31. The molecule has 1 atom stereocenters.